The van der Waals surface area contributed by atoms with Crippen LogP contribution < -0.4 is 5.32 Å². The fourth-order valence-electron chi connectivity index (χ4n) is 3.39. The standard InChI is InChI=1S/C19H26N4O/c1-3-22(4-2)11-12-23-14-16(13-20-23)21-19(24)18-10-9-15-7-5-6-8-17(15)18/h5-8,13-14,18H,3-4,9-12H2,1-2H3,(H,21,24)/t18-/m0/s1. The molecule has 5 heteroatoms. The number of fused-ring (bicyclic) bond motifs is 1. The summed E-state index contributed by atoms with van der Waals surface area (Å²) in [6, 6.07) is 8.24. The Morgan fingerprint density at radius 1 is 1.33 bits per heavy atom. The lowest BCUT2D eigenvalue weighted by Gasteiger charge is -2.17. The lowest BCUT2D eigenvalue weighted by molar-refractivity contribution is -0.117. The van der Waals surface area contributed by atoms with Crippen LogP contribution in [0.1, 0.15) is 37.3 Å². The van der Waals surface area contributed by atoms with E-state index in [2.05, 4.69) is 41.3 Å². The Hall–Kier alpha value is -2.14. The summed E-state index contributed by atoms with van der Waals surface area (Å²) in [4.78, 5) is 14.9. The molecule has 0 bridgehead atoms. The second-order valence-corrected chi connectivity index (χ2v) is 6.30. The summed E-state index contributed by atoms with van der Waals surface area (Å²) < 4.78 is 1.90. The number of nitrogens with zero attached hydrogens (tertiary/aromatic N) is 3. The van der Waals surface area contributed by atoms with Gasteiger partial charge in [-0.3, -0.25) is 9.48 Å². The summed E-state index contributed by atoms with van der Waals surface area (Å²) in [5.41, 5.74) is 3.25. The van der Waals surface area contributed by atoms with E-state index in [4.69, 9.17) is 0 Å². The van der Waals surface area contributed by atoms with Gasteiger partial charge >= 0.3 is 0 Å². The first kappa shape index (κ1) is 16.7. The van der Waals surface area contributed by atoms with Crippen LogP contribution in [0.5, 0.6) is 0 Å². The Kier molecular flexibility index (Phi) is 5.30. The lowest BCUT2D eigenvalue weighted by Crippen LogP contribution is -2.27. The molecule has 0 spiro atoms. The molecule has 3 rings (SSSR count). The first-order valence-corrected chi connectivity index (χ1v) is 8.84. The zero-order chi connectivity index (χ0) is 16.9. The number of nitrogens with one attached hydrogen (secondary N) is 1. The van der Waals surface area contributed by atoms with Gasteiger partial charge in [-0.05, 0) is 37.1 Å². The minimum Gasteiger partial charge on any atom is -0.323 e. The number of carbonyl (C=O) groups excluding carboxylic acids is 1. The molecular formula is C19H26N4O. The third-order valence-electron chi connectivity index (χ3n) is 4.89. The molecule has 1 aliphatic carbocycles. The molecule has 1 N–H and O–H groups in total. The van der Waals surface area contributed by atoms with Crippen molar-refractivity contribution in [2.45, 2.75) is 39.2 Å². The molecule has 0 aliphatic heterocycles. The highest BCUT2D eigenvalue weighted by atomic mass is 16.1. The van der Waals surface area contributed by atoms with E-state index in [9.17, 15) is 4.79 Å². The van der Waals surface area contributed by atoms with Crippen molar-refractivity contribution >= 4 is 11.6 Å². The second-order valence-electron chi connectivity index (χ2n) is 6.30. The maximum absolute atomic E-state index is 12.6. The number of amides is 1. The van der Waals surface area contributed by atoms with Crippen molar-refractivity contribution in [3.8, 4) is 0 Å². The van der Waals surface area contributed by atoms with E-state index in [0.717, 1.165) is 44.7 Å². The quantitative estimate of drug-likeness (QED) is 0.851. The molecule has 0 saturated heterocycles. The minimum absolute atomic E-state index is 0.0415. The molecule has 1 aliphatic rings. The van der Waals surface area contributed by atoms with Crippen LogP contribution in [0.3, 0.4) is 0 Å². The fraction of sp³-hybridized carbons (Fsp3) is 0.474. The van der Waals surface area contributed by atoms with Crippen molar-refractivity contribution in [3.63, 3.8) is 0 Å². The topological polar surface area (TPSA) is 50.2 Å². The lowest BCUT2D eigenvalue weighted by atomic mass is 10.0. The second kappa shape index (κ2) is 7.62. The zero-order valence-corrected chi connectivity index (χ0v) is 14.5. The van der Waals surface area contributed by atoms with Crippen LogP contribution in [0.2, 0.25) is 0 Å². The van der Waals surface area contributed by atoms with Crippen molar-refractivity contribution < 1.29 is 4.79 Å². The molecular weight excluding hydrogens is 300 g/mol. The number of benzene rings is 1. The Morgan fingerprint density at radius 2 is 2.12 bits per heavy atom. The van der Waals surface area contributed by atoms with E-state index >= 15 is 0 Å². The largest absolute Gasteiger partial charge is 0.323 e. The molecule has 0 radical (unpaired) electrons. The molecule has 5 nitrogen and oxygen atoms in total. The summed E-state index contributed by atoms with van der Waals surface area (Å²) in [5, 5.41) is 7.38. The molecule has 1 amide bonds. The number of anilines is 1. The normalized spacial score (nSPS) is 16.4. The highest BCUT2D eigenvalue weighted by Crippen LogP contribution is 2.33. The minimum atomic E-state index is -0.0415. The molecule has 1 aromatic heterocycles. The van der Waals surface area contributed by atoms with Crippen molar-refractivity contribution in [1.29, 1.82) is 0 Å². The highest BCUT2D eigenvalue weighted by molar-refractivity contribution is 5.96. The monoisotopic (exact) mass is 326 g/mol. The van der Waals surface area contributed by atoms with Crippen LogP contribution >= 0.6 is 0 Å². The zero-order valence-electron chi connectivity index (χ0n) is 14.5. The van der Waals surface area contributed by atoms with Crippen molar-refractivity contribution in [2.24, 2.45) is 0 Å². The van der Waals surface area contributed by atoms with Gasteiger partial charge in [-0.2, -0.15) is 5.10 Å². The maximum Gasteiger partial charge on any atom is 0.232 e. The summed E-state index contributed by atoms with van der Waals surface area (Å²) >= 11 is 0. The average Bonchev–Trinajstić information content (AvgIpc) is 3.22. The molecule has 1 aromatic carbocycles. The molecule has 0 fully saturated rings. The predicted octanol–water partition coefficient (Wildman–Crippen LogP) is 2.89. The van der Waals surface area contributed by atoms with Crippen LogP contribution in [-0.4, -0.2) is 40.2 Å². The van der Waals surface area contributed by atoms with Gasteiger partial charge in [0.25, 0.3) is 0 Å². The summed E-state index contributed by atoms with van der Waals surface area (Å²) in [5.74, 6) is 0.0310. The van der Waals surface area contributed by atoms with Crippen molar-refractivity contribution in [2.75, 3.05) is 25.0 Å². The number of rotatable bonds is 7. The molecule has 1 heterocycles. The van der Waals surface area contributed by atoms with Crippen molar-refractivity contribution in [1.82, 2.24) is 14.7 Å². The van der Waals surface area contributed by atoms with E-state index in [1.54, 1.807) is 6.20 Å². The number of likely N-dealkylation sites (N-methyl/N-ethyl adjacent to an activating group) is 1. The van der Waals surface area contributed by atoms with E-state index < -0.39 is 0 Å². The highest BCUT2D eigenvalue weighted by Gasteiger charge is 2.28. The van der Waals surface area contributed by atoms with Crippen LogP contribution in [0.25, 0.3) is 0 Å². The summed E-state index contributed by atoms with van der Waals surface area (Å²) in [7, 11) is 0. The molecule has 2 aromatic rings. The predicted molar refractivity (Wildman–Crippen MR) is 96.1 cm³/mol. The van der Waals surface area contributed by atoms with Gasteiger partial charge in [0, 0.05) is 12.7 Å². The third-order valence-corrected chi connectivity index (χ3v) is 4.89. The average molecular weight is 326 g/mol. The maximum atomic E-state index is 12.6. The van der Waals surface area contributed by atoms with Gasteiger partial charge in [-0.25, -0.2) is 0 Å². The molecule has 1 atom stereocenters. The number of hydrogen-bond acceptors (Lipinski definition) is 3. The molecule has 0 unspecified atom stereocenters. The van der Waals surface area contributed by atoms with E-state index in [1.165, 1.54) is 11.1 Å². The van der Waals surface area contributed by atoms with Crippen LogP contribution in [0.4, 0.5) is 5.69 Å². The van der Waals surface area contributed by atoms with E-state index in [0.29, 0.717) is 0 Å². The van der Waals surface area contributed by atoms with Gasteiger partial charge in [0.15, 0.2) is 0 Å². The van der Waals surface area contributed by atoms with Crippen molar-refractivity contribution in [3.05, 3.63) is 47.8 Å². The first-order valence-electron chi connectivity index (χ1n) is 8.84. The number of carbonyl (C=O) groups is 1. The van der Waals surface area contributed by atoms with Gasteiger partial charge in [0.2, 0.25) is 5.91 Å². The van der Waals surface area contributed by atoms with Crippen LogP contribution in [-0.2, 0) is 17.8 Å². The third kappa shape index (κ3) is 3.67. The van der Waals surface area contributed by atoms with Gasteiger partial charge in [0.1, 0.15) is 0 Å². The number of hydrogen-bond donors (Lipinski definition) is 1. The Labute approximate surface area is 143 Å². The van der Waals surface area contributed by atoms with Crippen LogP contribution in [0, 0.1) is 0 Å². The van der Waals surface area contributed by atoms with E-state index in [-0.39, 0.29) is 11.8 Å². The molecule has 0 saturated carbocycles. The van der Waals surface area contributed by atoms with Gasteiger partial charge in [0.05, 0.1) is 24.3 Å². The van der Waals surface area contributed by atoms with Gasteiger partial charge < -0.3 is 10.2 Å². The molecule has 24 heavy (non-hydrogen) atoms. The van der Waals surface area contributed by atoms with Gasteiger partial charge in [-0.15, -0.1) is 0 Å². The SMILES string of the molecule is CCN(CC)CCn1cc(NC(=O)[C@H]2CCc3ccccc32)cn1. The Bertz CT molecular complexity index is 690. The number of aromatic nitrogens is 2. The Morgan fingerprint density at radius 3 is 2.92 bits per heavy atom. The van der Waals surface area contributed by atoms with E-state index in [1.807, 2.05) is 23.0 Å². The first-order chi connectivity index (χ1) is 11.7. The fourth-order valence-corrected chi connectivity index (χ4v) is 3.39. The smallest absolute Gasteiger partial charge is 0.232 e. The van der Waals surface area contributed by atoms with Crippen LogP contribution in [0.15, 0.2) is 36.7 Å². The van der Waals surface area contributed by atoms with Gasteiger partial charge in [-0.1, -0.05) is 38.1 Å². The molecule has 128 valence electrons. The summed E-state index contributed by atoms with van der Waals surface area (Å²) in [6.45, 7) is 8.22. The Balaban J connectivity index is 1.58. The number of aryl methyl sites for hydroxylation is 1. The summed E-state index contributed by atoms with van der Waals surface area (Å²) in [6.07, 6.45) is 5.53.